The van der Waals surface area contributed by atoms with Crippen LogP contribution in [0, 0.1) is 0 Å². The third-order valence-electron chi connectivity index (χ3n) is 6.75. The molecule has 1 aliphatic heterocycles. The lowest BCUT2D eigenvalue weighted by atomic mass is 9.99. The van der Waals surface area contributed by atoms with Gasteiger partial charge in [-0.3, -0.25) is 9.69 Å². The first kappa shape index (κ1) is 22.0. The predicted molar refractivity (Wildman–Crippen MR) is 143 cm³/mol. The third kappa shape index (κ3) is 3.67. The van der Waals surface area contributed by atoms with Gasteiger partial charge in [-0.25, -0.2) is 19.6 Å². The van der Waals surface area contributed by atoms with Crippen LogP contribution in [-0.4, -0.2) is 58.8 Å². The Balaban J connectivity index is 1.32. The van der Waals surface area contributed by atoms with Crippen molar-refractivity contribution in [1.29, 1.82) is 0 Å². The number of hydrogen-bond acceptors (Lipinski definition) is 9. The van der Waals surface area contributed by atoms with Gasteiger partial charge in [-0.05, 0) is 41.8 Å². The number of nitrogens with one attached hydrogen (secondary N) is 1. The van der Waals surface area contributed by atoms with Crippen LogP contribution in [0.4, 0.5) is 11.6 Å². The Morgan fingerprint density at radius 3 is 2.84 bits per heavy atom. The molecule has 184 valence electrons. The Bertz CT molecular complexity index is 1840. The summed E-state index contributed by atoms with van der Waals surface area (Å²) in [6, 6.07) is 14.0. The Morgan fingerprint density at radius 1 is 1.05 bits per heavy atom. The lowest BCUT2D eigenvalue weighted by Crippen LogP contribution is -2.32. The van der Waals surface area contributed by atoms with Gasteiger partial charge < -0.3 is 10.4 Å². The topological polar surface area (TPSA) is 113 Å². The van der Waals surface area contributed by atoms with Crippen LogP contribution in [-0.2, 0) is 13.0 Å². The van der Waals surface area contributed by atoms with Gasteiger partial charge in [0.25, 0.3) is 5.56 Å². The summed E-state index contributed by atoms with van der Waals surface area (Å²) in [4.78, 5) is 34.1. The number of rotatable bonds is 5. The molecule has 10 nitrogen and oxygen atoms in total. The van der Waals surface area contributed by atoms with Crippen molar-refractivity contribution >= 4 is 50.6 Å². The van der Waals surface area contributed by atoms with Crippen molar-refractivity contribution in [2.45, 2.75) is 13.0 Å². The van der Waals surface area contributed by atoms with Crippen LogP contribution in [0.5, 0.6) is 0 Å². The molecule has 0 saturated carbocycles. The molecule has 4 aromatic heterocycles. The summed E-state index contributed by atoms with van der Waals surface area (Å²) < 4.78 is 3.34. The number of aliphatic hydroxyl groups is 1. The van der Waals surface area contributed by atoms with Crippen molar-refractivity contribution in [2.24, 2.45) is 0 Å². The van der Waals surface area contributed by atoms with Crippen LogP contribution >= 0.6 is 11.3 Å². The van der Waals surface area contributed by atoms with E-state index >= 15 is 0 Å². The molecule has 11 heteroatoms. The molecule has 0 unspecified atom stereocenters. The van der Waals surface area contributed by atoms with E-state index in [0.29, 0.717) is 34.3 Å². The van der Waals surface area contributed by atoms with E-state index in [1.807, 2.05) is 35.7 Å². The minimum Gasteiger partial charge on any atom is -0.395 e. The van der Waals surface area contributed by atoms with Crippen molar-refractivity contribution in [2.75, 3.05) is 25.0 Å². The Labute approximate surface area is 214 Å². The van der Waals surface area contributed by atoms with Crippen molar-refractivity contribution in [3.05, 3.63) is 81.7 Å². The molecule has 2 aromatic carbocycles. The van der Waals surface area contributed by atoms with Gasteiger partial charge in [0.2, 0.25) is 11.1 Å². The van der Waals surface area contributed by atoms with Crippen molar-refractivity contribution in [3.63, 3.8) is 0 Å². The minimum absolute atomic E-state index is 0.154. The van der Waals surface area contributed by atoms with Crippen LogP contribution in [0.15, 0.2) is 65.0 Å². The number of thiazole rings is 1. The number of aliphatic hydroxyl groups excluding tert-OH is 1. The molecule has 0 bridgehead atoms. The molecule has 37 heavy (non-hydrogen) atoms. The molecule has 0 fully saturated rings. The zero-order valence-electron chi connectivity index (χ0n) is 19.7. The molecule has 0 aliphatic carbocycles. The summed E-state index contributed by atoms with van der Waals surface area (Å²) in [7, 11) is 0. The average molecular weight is 511 g/mol. The summed E-state index contributed by atoms with van der Waals surface area (Å²) in [5.41, 5.74) is 4.83. The zero-order valence-corrected chi connectivity index (χ0v) is 20.5. The SMILES string of the molecule is O=c1c2cnc(Nc3ccc4c(c3)CN(CCO)CC4)nc2nc2c3ccccc3n(-c3nccs3)n12. The van der Waals surface area contributed by atoms with E-state index in [2.05, 4.69) is 37.3 Å². The number of anilines is 2. The summed E-state index contributed by atoms with van der Waals surface area (Å²) in [6.07, 6.45) is 4.20. The summed E-state index contributed by atoms with van der Waals surface area (Å²) in [5, 5.41) is 16.3. The number of β-amino-alcohol motifs (C(OH)–C–C–N with tert-alkyl or cyclic N) is 1. The lowest BCUT2D eigenvalue weighted by molar-refractivity contribution is 0.184. The normalized spacial score (nSPS) is 14.0. The second-order valence-electron chi connectivity index (χ2n) is 8.99. The highest BCUT2D eigenvalue weighted by molar-refractivity contribution is 7.12. The minimum atomic E-state index is -0.254. The molecular weight excluding hydrogens is 488 g/mol. The van der Waals surface area contributed by atoms with E-state index in [4.69, 9.17) is 4.98 Å². The first-order valence-corrected chi connectivity index (χ1v) is 12.9. The molecule has 6 aromatic rings. The Kier molecular flexibility index (Phi) is 5.20. The number of fused-ring (bicyclic) bond motifs is 5. The molecule has 7 rings (SSSR count). The van der Waals surface area contributed by atoms with Gasteiger partial charge >= 0.3 is 0 Å². The number of aromatic nitrogens is 6. The molecule has 0 amide bonds. The standard InChI is InChI=1S/C26H22N8O2S/c35-11-10-32-9-7-16-5-6-18(13-17(16)15-32)29-25-28-14-20-22(31-25)30-23-19-3-1-2-4-21(19)33(34(23)24(20)36)26-27-8-12-37-26/h1-6,8,12-14,35H,7,9-11,15H2,(H,28,29,31). The van der Waals surface area contributed by atoms with Crippen LogP contribution in [0.3, 0.4) is 0 Å². The predicted octanol–water partition coefficient (Wildman–Crippen LogP) is 3.13. The molecular formula is C26H22N8O2S. The summed E-state index contributed by atoms with van der Waals surface area (Å²) in [5.74, 6) is 0.371. The second kappa shape index (κ2) is 8.73. The van der Waals surface area contributed by atoms with Crippen LogP contribution < -0.4 is 10.9 Å². The molecule has 5 heterocycles. The molecule has 0 atom stereocenters. The van der Waals surface area contributed by atoms with E-state index < -0.39 is 0 Å². The maximum Gasteiger partial charge on any atom is 0.284 e. The first-order valence-electron chi connectivity index (χ1n) is 12.0. The van der Waals surface area contributed by atoms with Crippen LogP contribution in [0.1, 0.15) is 11.1 Å². The lowest BCUT2D eigenvalue weighted by Gasteiger charge is -2.28. The van der Waals surface area contributed by atoms with E-state index in [1.54, 1.807) is 15.4 Å². The highest BCUT2D eigenvalue weighted by Crippen LogP contribution is 2.27. The number of nitrogens with zero attached hydrogens (tertiary/aromatic N) is 7. The Hall–Kier alpha value is -4.19. The van der Waals surface area contributed by atoms with Gasteiger partial charge in [0, 0.05) is 48.5 Å². The van der Waals surface area contributed by atoms with Gasteiger partial charge in [0.15, 0.2) is 11.3 Å². The molecule has 2 N–H and O–H groups in total. The number of hydrogen-bond donors (Lipinski definition) is 2. The molecule has 1 aliphatic rings. The smallest absolute Gasteiger partial charge is 0.284 e. The molecule has 0 spiro atoms. The van der Waals surface area contributed by atoms with Crippen LogP contribution in [0.2, 0.25) is 0 Å². The van der Waals surface area contributed by atoms with Crippen molar-refractivity contribution in [3.8, 4) is 5.13 Å². The van der Waals surface area contributed by atoms with E-state index in [-0.39, 0.29) is 12.2 Å². The van der Waals surface area contributed by atoms with Gasteiger partial charge in [-0.2, -0.15) is 9.50 Å². The fourth-order valence-corrected chi connectivity index (χ4v) is 5.65. The highest BCUT2D eigenvalue weighted by Gasteiger charge is 2.20. The summed E-state index contributed by atoms with van der Waals surface area (Å²) in [6.45, 7) is 2.56. The Morgan fingerprint density at radius 2 is 1.97 bits per heavy atom. The summed E-state index contributed by atoms with van der Waals surface area (Å²) >= 11 is 1.45. The highest BCUT2D eigenvalue weighted by atomic mass is 32.1. The fraction of sp³-hybridized carbons (Fsp3) is 0.192. The third-order valence-corrected chi connectivity index (χ3v) is 7.49. The van der Waals surface area contributed by atoms with E-state index in [1.165, 1.54) is 28.7 Å². The van der Waals surface area contributed by atoms with Crippen molar-refractivity contribution in [1.82, 2.24) is 34.0 Å². The van der Waals surface area contributed by atoms with E-state index in [0.717, 1.165) is 36.1 Å². The van der Waals surface area contributed by atoms with Gasteiger partial charge in [-0.1, -0.05) is 18.2 Å². The van der Waals surface area contributed by atoms with Crippen LogP contribution in [0.25, 0.3) is 32.7 Å². The van der Waals surface area contributed by atoms with E-state index in [9.17, 15) is 9.90 Å². The van der Waals surface area contributed by atoms with Crippen molar-refractivity contribution < 1.29 is 5.11 Å². The average Bonchev–Trinajstić information content (AvgIpc) is 3.55. The second-order valence-corrected chi connectivity index (χ2v) is 9.86. The van der Waals surface area contributed by atoms with Gasteiger partial charge in [0.1, 0.15) is 5.39 Å². The fourth-order valence-electron chi connectivity index (χ4n) is 5.01. The maximum atomic E-state index is 13.6. The largest absolute Gasteiger partial charge is 0.395 e. The molecule has 0 saturated heterocycles. The molecule has 0 radical (unpaired) electrons. The van der Waals surface area contributed by atoms with Gasteiger partial charge in [-0.15, -0.1) is 11.3 Å². The van der Waals surface area contributed by atoms with Gasteiger partial charge in [0.05, 0.1) is 12.1 Å². The monoisotopic (exact) mass is 510 g/mol. The number of para-hydroxylation sites is 1. The first-order chi connectivity index (χ1) is 18.2. The quantitative estimate of drug-likeness (QED) is 0.364. The maximum absolute atomic E-state index is 13.6. The number of benzene rings is 2. The zero-order chi connectivity index (χ0) is 24.9.